The fourth-order valence-corrected chi connectivity index (χ4v) is 1.43. The van der Waals surface area contributed by atoms with Crippen LogP contribution < -0.4 is 15.2 Å². The highest BCUT2D eigenvalue weighted by molar-refractivity contribution is 5.42. The highest BCUT2D eigenvalue weighted by Gasteiger charge is 2.06. The molecule has 0 aliphatic carbocycles. The van der Waals surface area contributed by atoms with Crippen LogP contribution in [0.2, 0.25) is 0 Å². The topological polar surface area (TPSA) is 44.5 Å². The van der Waals surface area contributed by atoms with Gasteiger partial charge in [-0.15, -0.1) is 5.73 Å². The van der Waals surface area contributed by atoms with E-state index >= 15 is 0 Å². The third kappa shape index (κ3) is 2.89. The van der Waals surface area contributed by atoms with Crippen molar-refractivity contribution in [3.05, 3.63) is 41.6 Å². The van der Waals surface area contributed by atoms with Crippen LogP contribution in [-0.4, -0.2) is 20.8 Å². The standard InChI is InChI=1S/C13H17NO2/c1-4-10(9-14)7-11-5-6-12(15-2)8-13(11)16-3/h5-6,8H,1,7,9,14H2,2-3H3. The van der Waals surface area contributed by atoms with Crippen molar-refractivity contribution in [3.63, 3.8) is 0 Å². The van der Waals surface area contributed by atoms with Gasteiger partial charge in [-0.3, -0.25) is 0 Å². The van der Waals surface area contributed by atoms with Gasteiger partial charge in [0.2, 0.25) is 0 Å². The Balaban J connectivity index is 3.00. The maximum atomic E-state index is 5.57. The Morgan fingerprint density at radius 3 is 2.62 bits per heavy atom. The van der Waals surface area contributed by atoms with Crippen LogP contribution in [0.3, 0.4) is 0 Å². The van der Waals surface area contributed by atoms with Gasteiger partial charge in [0.05, 0.1) is 14.2 Å². The molecule has 0 aliphatic heterocycles. The van der Waals surface area contributed by atoms with Gasteiger partial charge in [0.25, 0.3) is 0 Å². The zero-order chi connectivity index (χ0) is 12.0. The number of rotatable bonds is 5. The summed E-state index contributed by atoms with van der Waals surface area (Å²) in [7, 11) is 3.27. The first-order chi connectivity index (χ1) is 7.74. The highest BCUT2D eigenvalue weighted by atomic mass is 16.5. The lowest BCUT2D eigenvalue weighted by atomic mass is 10.0. The predicted octanol–water partition coefficient (Wildman–Crippen LogP) is 1.92. The zero-order valence-corrected chi connectivity index (χ0v) is 9.75. The van der Waals surface area contributed by atoms with Crippen molar-refractivity contribution in [3.8, 4) is 11.5 Å². The minimum Gasteiger partial charge on any atom is -0.497 e. The van der Waals surface area contributed by atoms with E-state index in [9.17, 15) is 0 Å². The number of hydrogen-bond acceptors (Lipinski definition) is 3. The van der Waals surface area contributed by atoms with E-state index in [1.54, 1.807) is 14.2 Å². The summed E-state index contributed by atoms with van der Waals surface area (Å²) in [6, 6.07) is 5.71. The number of benzene rings is 1. The number of methoxy groups -OCH3 is 2. The number of hydrogen-bond donors (Lipinski definition) is 1. The van der Waals surface area contributed by atoms with Crippen LogP contribution in [0.5, 0.6) is 11.5 Å². The van der Waals surface area contributed by atoms with E-state index in [-0.39, 0.29) is 0 Å². The summed E-state index contributed by atoms with van der Waals surface area (Å²) in [5.41, 5.74) is 10.4. The molecule has 0 heterocycles. The average molecular weight is 219 g/mol. The average Bonchev–Trinajstić information content (AvgIpc) is 2.35. The van der Waals surface area contributed by atoms with Crippen LogP contribution in [0.25, 0.3) is 0 Å². The predicted molar refractivity (Wildman–Crippen MR) is 65.0 cm³/mol. The van der Waals surface area contributed by atoms with E-state index < -0.39 is 0 Å². The normalized spacial score (nSPS) is 9.44. The molecule has 0 fully saturated rings. The van der Waals surface area contributed by atoms with Crippen molar-refractivity contribution in [1.82, 2.24) is 0 Å². The summed E-state index contributed by atoms with van der Waals surface area (Å²) in [4.78, 5) is 0. The summed E-state index contributed by atoms with van der Waals surface area (Å²) < 4.78 is 10.4. The lowest BCUT2D eigenvalue weighted by Gasteiger charge is -2.10. The first kappa shape index (κ1) is 12.4. The molecule has 0 bridgehead atoms. The molecule has 0 atom stereocenters. The Morgan fingerprint density at radius 2 is 2.12 bits per heavy atom. The molecule has 0 spiro atoms. The van der Waals surface area contributed by atoms with Crippen LogP contribution in [0.4, 0.5) is 0 Å². The second-order valence-corrected chi connectivity index (χ2v) is 3.34. The van der Waals surface area contributed by atoms with Crippen LogP contribution in [0.1, 0.15) is 5.56 Å². The lowest BCUT2D eigenvalue weighted by molar-refractivity contribution is 0.391. The maximum absolute atomic E-state index is 5.57. The minimum absolute atomic E-state index is 0.457. The molecule has 2 N–H and O–H groups in total. The van der Waals surface area contributed by atoms with Gasteiger partial charge in [-0.2, -0.15) is 0 Å². The fraction of sp³-hybridized carbons (Fsp3) is 0.308. The summed E-state index contributed by atoms with van der Waals surface area (Å²) in [5.74, 6) is 1.57. The molecular formula is C13H17NO2. The Bertz CT molecular complexity index is 406. The van der Waals surface area contributed by atoms with E-state index in [1.165, 1.54) is 0 Å². The molecule has 0 aliphatic rings. The van der Waals surface area contributed by atoms with Crippen LogP contribution >= 0.6 is 0 Å². The van der Waals surface area contributed by atoms with E-state index in [4.69, 9.17) is 15.2 Å². The minimum atomic E-state index is 0.457. The van der Waals surface area contributed by atoms with E-state index in [0.29, 0.717) is 13.0 Å². The molecule has 0 radical (unpaired) electrons. The van der Waals surface area contributed by atoms with Gasteiger partial charge in [-0.1, -0.05) is 12.6 Å². The molecule has 0 aromatic heterocycles. The Kier molecular flexibility index (Phi) is 4.65. The first-order valence-corrected chi connectivity index (χ1v) is 5.04. The van der Waals surface area contributed by atoms with Crippen molar-refractivity contribution in [2.45, 2.75) is 6.42 Å². The monoisotopic (exact) mass is 219 g/mol. The van der Waals surface area contributed by atoms with Crippen LogP contribution in [0, 0.1) is 0 Å². The second-order valence-electron chi connectivity index (χ2n) is 3.34. The quantitative estimate of drug-likeness (QED) is 0.769. The number of ether oxygens (including phenoxy) is 2. The number of nitrogens with two attached hydrogens (primary N) is 1. The summed E-state index contributed by atoms with van der Waals surface area (Å²) in [6.07, 6.45) is 0.702. The molecule has 0 unspecified atom stereocenters. The zero-order valence-electron chi connectivity index (χ0n) is 9.75. The van der Waals surface area contributed by atoms with Gasteiger partial charge >= 0.3 is 0 Å². The molecule has 3 heteroatoms. The molecule has 1 aromatic carbocycles. The van der Waals surface area contributed by atoms with Gasteiger partial charge < -0.3 is 15.2 Å². The van der Waals surface area contributed by atoms with Gasteiger partial charge in [0, 0.05) is 19.0 Å². The van der Waals surface area contributed by atoms with Crippen LogP contribution in [0.15, 0.2) is 36.1 Å². The van der Waals surface area contributed by atoms with Crippen molar-refractivity contribution in [2.24, 2.45) is 5.73 Å². The van der Waals surface area contributed by atoms with Gasteiger partial charge in [-0.25, -0.2) is 0 Å². The van der Waals surface area contributed by atoms with Crippen molar-refractivity contribution in [2.75, 3.05) is 20.8 Å². The third-order valence-electron chi connectivity index (χ3n) is 2.39. The van der Waals surface area contributed by atoms with Crippen molar-refractivity contribution in [1.29, 1.82) is 0 Å². The molecule has 0 saturated carbocycles. The second kappa shape index (κ2) is 6.01. The summed E-state index contributed by atoms with van der Waals surface area (Å²) >= 11 is 0. The Hall–Kier alpha value is -1.70. The fourth-order valence-electron chi connectivity index (χ4n) is 1.43. The molecule has 3 nitrogen and oxygen atoms in total. The smallest absolute Gasteiger partial charge is 0.126 e. The van der Waals surface area contributed by atoms with Crippen molar-refractivity contribution >= 4 is 0 Å². The Morgan fingerprint density at radius 1 is 1.38 bits per heavy atom. The molecule has 16 heavy (non-hydrogen) atoms. The molecule has 0 saturated heterocycles. The van der Waals surface area contributed by atoms with E-state index in [2.05, 4.69) is 12.3 Å². The first-order valence-electron chi connectivity index (χ1n) is 5.04. The Labute approximate surface area is 96.2 Å². The molecule has 1 aromatic rings. The van der Waals surface area contributed by atoms with Gasteiger partial charge in [0.1, 0.15) is 11.5 Å². The van der Waals surface area contributed by atoms with Crippen LogP contribution in [-0.2, 0) is 6.42 Å². The highest BCUT2D eigenvalue weighted by Crippen LogP contribution is 2.26. The largest absolute Gasteiger partial charge is 0.497 e. The maximum Gasteiger partial charge on any atom is 0.126 e. The SMILES string of the molecule is C=C=C(CN)Cc1ccc(OC)cc1OC. The summed E-state index contributed by atoms with van der Waals surface area (Å²) in [5, 5.41) is 0. The van der Waals surface area contributed by atoms with E-state index in [0.717, 1.165) is 22.6 Å². The molecule has 1 rings (SSSR count). The van der Waals surface area contributed by atoms with Crippen molar-refractivity contribution < 1.29 is 9.47 Å². The molecular weight excluding hydrogens is 202 g/mol. The van der Waals surface area contributed by atoms with Gasteiger partial charge in [-0.05, 0) is 17.2 Å². The molecule has 86 valence electrons. The third-order valence-corrected chi connectivity index (χ3v) is 2.39. The molecule has 0 amide bonds. The summed E-state index contributed by atoms with van der Waals surface area (Å²) in [6.45, 7) is 4.07. The van der Waals surface area contributed by atoms with Gasteiger partial charge in [0.15, 0.2) is 0 Å². The van der Waals surface area contributed by atoms with E-state index in [1.807, 2.05) is 18.2 Å². The lowest BCUT2D eigenvalue weighted by Crippen LogP contribution is -2.05.